The molecule has 0 aliphatic heterocycles. The molecule has 0 aromatic heterocycles. The highest BCUT2D eigenvalue weighted by Gasteiger charge is 2.12. The predicted octanol–water partition coefficient (Wildman–Crippen LogP) is 1.42. The Balaban J connectivity index is 3.47. The van der Waals surface area contributed by atoms with E-state index in [0.29, 0.717) is 12.8 Å². The van der Waals surface area contributed by atoms with Crippen LogP contribution in [0.5, 0.6) is 0 Å². The van der Waals surface area contributed by atoms with Crippen LogP contribution in [0.4, 0.5) is 0 Å². The van der Waals surface area contributed by atoms with Gasteiger partial charge in [-0.25, -0.2) is 0 Å². The number of rotatable bonds is 7. The monoisotopic (exact) mass is 208 g/mol. The Kier molecular flexibility index (Phi) is 8.17. The standard InChI is InChI=1S/C8H16O2S2/c1-11-5-3-7(9)8(10)4-6-12-2/h7,9H,3-6H2,1-2H3/t7-/m0/s1. The van der Waals surface area contributed by atoms with E-state index in [1.807, 2.05) is 12.5 Å². The van der Waals surface area contributed by atoms with Gasteiger partial charge in [-0.05, 0) is 30.4 Å². The van der Waals surface area contributed by atoms with Crippen LogP contribution in [0, 0.1) is 0 Å². The third-order valence-electron chi connectivity index (χ3n) is 1.52. The van der Waals surface area contributed by atoms with E-state index in [1.54, 1.807) is 23.5 Å². The summed E-state index contributed by atoms with van der Waals surface area (Å²) in [5.41, 5.74) is 0. The molecule has 0 radical (unpaired) electrons. The Morgan fingerprint density at radius 2 is 1.92 bits per heavy atom. The molecule has 12 heavy (non-hydrogen) atoms. The average molecular weight is 208 g/mol. The Morgan fingerprint density at radius 3 is 2.42 bits per heavy atom. The summed E-state index contributed by atoms with van der Waals surface area (Å²) in [6, 6.07) is 0. The van der Waals surface area contributed by atoms with Crippen LogP contribution in [-0.4, -0.2) is 41.0 Å². The van der Waals surface area contributed by atoms with Crippen molar-refractivity contribution in [2.24, 2.45) is 0 Å². The fraction of sp³-hybridized carbons (Fsp3) is 0.875. The van der Waals surface area contributed by atoms with E-state index in [4.69, 9.17) is 0 Å². The summed E-state index contributed by atoms with van der Waals surface area (Å²) in [5, 5.41) is 9.30. The Bertz CT molecular complexity index is 128. The highest BCUT2D eigenvalue weighted by Crippen LogP contribution is 2.05. The molecule has 2 nitrogen and oxygen atoms in total. The van der Waals surface area contributed by atoms with Crippen molar-refractivity contribution in [2.45, 2.75) is 18.9 Å². The Morgan fingerprint density at radius 1 is 1.33 bits per heavy atom. The minimum absolute atomic E-state index is 0.0154. The second kappa shape index (κ2) is 7.95. The van der Waals surface area contributed by atoms with Crippen LogP contribution in [0.15, 0.2) is 0 Å². The van der Waals surface area contributed by atoms with Crippen LogP contribution < -0.4 is 0 Å². The summed E-state index contributed by atoms with van der Waals surface area (Å²) in [6.45, 7) is 0. The number of thioether (sulfide) groups is 2. The van der Waals surface area contributed by atoms with Crippen LogP contribution in [0.3, 0.4) is 0 Å². The van der Waals surface area contributed by atoms with E-state index in [0.717, 1.165) is 11.5 Å². The zero-order valence-electron chi connectivity index (χ0n) is 7.58. The maximum Gasteiger partial charge on any atom is 0.162 e. The molecule has 0 amide bonds. The second-order valence-electron chi connectivity index (χ2n) is 2.51. The third-order valence-corrected chi connectivity index (χ3v) is 2.78. The molecule has 0 spiro atoms. The van der Waals surface area contributed by atoms with Crippen LogP contribution in [0.1, 0.15) is 12.8 Å². The molecule has 0 rings (SSSR count). The number of aliphatic hydroxyl groups excluding tert-OH is 1. The van der Waals surface area contributed by atoms with Gasteiger partial charge in [-0.3, -0.25) is 4.79 Å². The largest absolute Gasteiger partial charge is 0.385 e. The van der Waals surface area contributed by atoms with E-state index in [1.165, 1.54) is 0 Å². The summed E-state index contributed by atoms with van der Waals surface area (Å²) in [5.74, 6) is 1.65. The lowest BCUT2D eigenvalue weighted by atomic mass is 10.1. The molecule has 0 aromatic rings. The molecule has 1 N–H and O–H groups in total. The SMILES string of the molecule is CSCCC(=O)[C@@H](O)CCSC. The van der Waals surface area contributed by atoms with E-state index < -0.39 is 6.10 Å². The summed E-state index contributed by atoms with van der Waals surface area (Å²) < 4.78 is 0. The lowest BCUT2D eigenvalue weighted by Gasteiger charge is -2.07. The zero-order valence-corrected chi connectivity index (χ0v) is 9.21. The smallest absolute Gasteiger partial charge is 0.162 e. The number of hydrogen-bond donors (Lipinski definition) is 1. The first-order chi connectivity index (χ1) is 5.72. The van der Waals surface area contributed by atoms with Gasteiger partial charge in [-0.15, -0.1) is 0 Å². The predicted molar refractivity (Wildman–Crippen MR) is 57.0 cm³/mol. The van der Waals surface area contributed by atoms with Crippen molar-refractivity contribution in [3.8, 4) is 0 Å². The first kappa shape index (κ1) is 12.3. The second-order valence-corrected chi connectivity index (χ2v) is 4.48. The fourth-order valence-corrected chi connectivity index (χ4v) is 1.62. The fourth-order valence-electron chi connectivity index (χ4n) is 0.760. The molecule has 0 aliphatic carbocycles. The molecule has 0 saturated heterocycles. The molecule has 0 fully saturated rings. The van der Waals surface area contributed by atoms with Crippen LogP contribution in [0.2, 0.25) is 0 Å². The highest BCUT2D eigenvalue weighted by atomic mass is 32.2. The minimum atomic E-state index is -0.732. The van der Waals surface area contributed by atoms with E-state index in [9.17, 15) is 9.90 Å². The number of Topliss-reactive ketones (excluding diaryl/α,β-unsaturated/α-hetero) is 1. The molecule has 0 saturated carbocycles. The summed E-state index contributed by atoms with van der Waals surface area (Å²) in [4.78, 5) is 11.1. The number of carbonyl (C=O) groups is 1. The van der Waals surface area contributed by atoms with Gasteiger partial charge in [0.05, 0.1) is 0 Å². The lowest BCUT2D eigenvalue weighted by molar-refractivity contribution is -0.126. The van der Waals surface area contributed by atoms with Crippen molar-refractivity contribution in [3.63, 3.8) is 0 Å². The zero-order chi connectivity index (χ0) is 9.40. The molecule has 1 atom stereocenters. The van der Waals surface area contributed by atoms with Gasteiger partial charge in [0.1, 0.15) is 6.10 Å². The van der Waals surface area contributed by atoms with Crippen LogP contribution in [0.25, 0.3) is 0 Å². The maximum absolute atomic E-state index is 11.1. The van der Waals surface area contributed by atoms with Crippen LogP contribution in [-0.2, 0) is 4.79 Å². The normalized spacial score (nSPS) is 12.9. The van der Waals surface area contributed by atoms with Crippen molar-refractivity contribution in [1.29, 1.82) is 0 Å². The van der Waals surface area contributed by atoms with Crippen molar-refractivity contribution >= 4 is 29.3 Å². The van der Waals surface area contributed by atoms with Crippen molar-refractivity contribution in [3.05, 3.63) is 0 Å². The van der Waals surface area contributed by atoms with Gasteiger partial charge in [0.15, 0.2) is 5.78 Å². The van der Waals surface area contributed by atoms with E-state index in [2.05, 4.69) is 0 Å². The molecule has 0 aromatic carbocycles. The van der Waals surface area contributed by atoms with Gasteiger partial charge in [-0.1, -0.05) is 0 Å². The van der Waals surface area contributed by atoms with E-state index >= 15 is 0 Å². The lowest BCUT2D eigenvalue weighted by Crippen LogP contribution is -2.21. The Hall–Kier alpha value is 0.330. The summed E-state index contributed by atoms with van der Waals surface area (Å²) in [6.07, 6.45) is 4.29. The molecule has 4 heteroatoms. The van der Waals surface area contributed by atoms with Crippen LogP contribution >= 0.6 is 23.5 Å². The molecule has 0 unspecified atom stereocenters. The number of carbonyl (C=O) groups excluding carboxylic acids is 1. The summed E-state index contributed by atoms with van der Waals surface area (Å²) >= 11 is 3.29. The highest BCUT2D eigenvalue weighted by molar-refractivity contribution is 7.98. The first-order valence-electron chi connectivity index (χ1n) is 3.91. The minimum Gasteiger partial charge on any atom is -0.385 e. The number of aliphatic hydroxyl groups is 1. The summed E-state index contributed by atoms with van der Waals surface area (Å²) in [7, 11) is 0. The third kappa shape index (κ3) is 5.91. The number of hydrogen-bond acceptors (Lipinski definition) is 4. The van der Waals surface area contributed by atoms with Crippen molar-refractivity contribution in [2.75, 3.05) is 24.0 Å². The molecule has 0 bridgehead atoms. The maximum atomic E-state index is 11.1. The molecular weight excluding hydrogens is 192 g/mol. The molecule has 0 heterocycles. The van der Waals surface area contributed by atoms with Crippen molar-refractivity contribution in [1.82, 2.24) is 0 Å². The van der Waals surface area contributed by atoms with Gasteiger partial charge >= 0.3 is 0 Å². The number of ketones is 1. The van der Waals surface area contributed by atoms with Gasteiger partial charge in [0.25, 0.3) is 0 Å². The van der Waals surface area contributed by atoms with E-state index in [-0.39, 0.29) is 5.78 Å². The quantitative estimate of drug-likeness (QED) is 0.686. The molecule has 0 aliphatic rings. The first-order valence-corrected chi connectivity index (χ1v) is 6.69. The van der Waals surface area contributed by atoms with Gasteiger partial charge in [0.2, 0.25) is 0 Å². The topological polar surface area (TPSA) is 37.3 Å². The molecular formula is C8H16O2S2. The van der Waals surface area contributed by atoms with Gasteiger partial charge in [-0.2, -0.15) is 23.5 Å². The molecule has 72 valence electrons. The van der Waals surface area contributed by atoms with Crippen molar-refractivity contribution < 1.29 is 9.90 Å². The average Bonchev–Trinajstić information content (AvgIpc) is 2.10. The van der Waals surface area contributed by atoms with Gasteiger partial charge in [0, 0.05) is 6.42 Å². The van der Waals surface area contributed by atoms with Gasteiger partial charge < -0.3 is 5.11 Å². The Labute approximate surface area is 82.5 Å².